The molecule has 142 valence electrons. The Hall–Kier alpha value is -2.66. The van der Waals surface area contributed by atoms with Crippen LogP contribution in [0.5, 0.6) is 0 Å². The number of fused-ring (bicyclic) bond motifs is 1. The molecule has 5 heterocycles. The van der Waals surface area contributed by atoms with Crippen LogP contribution in [0.1, 0.15) is 23.2 Å². The molecule has 1 aliphatic carbocycles. The second-order valence-corrected chi connectivity index (χ2v) is 8.65. The molecular formula is C23H23N3O2. The van der Waals surface area contributed by atoms with Gasteiger partial charge in [-0.2, -0.15) is 0 Å². The van der Waals surface area contributed by atoms with Crippen molar-refractivity contribution >= 4 is 16.9 Å². The highest BCUT2D eigenvalue weighted by molar-refractivity contribution is 5.98. The fourth-order valence-corrected chi connectivity index (χ4v) is 5.77. The van der Waals surface area contributed by atoms with E-state index in [9.17, 15) is 4.79 Å². The monoisotopic (exact) mass is 373 g/mol. The molecule has 1 aromatic carbocycles. The molecule has 4 aliphatic rings. The van der Waals surface area contributed by atoms with Crippen LogP contribution in [0.3, 0.4) is 0 Å². The maximum absolute atomic E-state index is 13.2. The van der Waals surface area contributed by atoms with E-state index in [0.29, 0.717) is 17.4 Å². The third-order valence-electron chi connectivity index (χ3n) is 6.85. The van der Waals surface area contributed by atoms with Crippen molar-refractivity contribution in [1.82, 2.24) is 14.9 Å². The smallest absolute Gasteiger partial charge is 0.340 e. The van der Waals surface area contributed by atoms with Gasteiger partial charge in [0.25, 0.3) is 0 Å². The van der Waals surface area contributed by atoms with E-state index in [1.54, 1.807) is 12.4 Å². The van der Waals surface area contributed by atoms with Crippen molar-refractivity contribution in [3.05, 3.63) is 54.5 Å². The number of hydrogen-bond acceptors (Lipinski definition) is 4. The summed E-state index contributed by atoms with van der Waals surface area (Å²) < 4.78 is 6.14. The molecular weight excluding hydrogens is 350 g/mol. The number of nitrogens with zero attached hydrogens (tertiary/aromatic N) is 2. The van der Waals surface area contributed by atoms with Crippen molar-refractivity contribution in [2.24, 2.45) is 17.8 Å². The molecule has 3 aromatic rings. The van der Waals surface area contributed by atoms with E-state index in [0.717, 1.165) is 41.0 Å². The quantitative estimate of drug-likeness (QED) is 0.711. The fourth-order valence-electron chi connectivity index (χ4n) is 5.77. The number of aromatic nitrogens is 2. The minimum atomic E-state index is -0.232. The van der Waals surface area contributed by atoms with Gasteiger partial charge in [-0.3, -0.25) is 4.98 Å². The van der Waals surface area contributed by atoms with E-state index in [2.05, 4.69) is 20.9 Å². The Labute approximate surface area is 163 Å². The number of nitrogens with one attached hydrogen (secondary N) is 1. The van der Waals surface area contributed by atoms with Crippen LogP contribution in [0.15, 0.2) is 48.9 Å². The molecule has 0 radical (unpaired) electrons. The van der Waals surface area contributed by atoms with E-state index < -0.39 is 0 Å². The van der Waals surface area contributed by atoms with Gasteiger partial charge in [-0.1, -0.05) is 6.07 Å². The van der Waals surface area contributed by atoms with Crippen molar-refractivity contribution in [3.63, 3.8) is 0 Å². The Morgan fingerprint density at radius 3 is 2.79 bits per heavy atom. The second-order valence-electron chi connectivity index (χ2n) is 8.65. The van der Waals surface area contributed by atoms with Crippen molar-refractivity contribution in [2.45, 2.75) is 18.9 Å². The summed E-state index contributed by atoms with van der Waals surface area (Å²) in [7, 11) is 0. The number of H-pyrrole nitrogens is 1. The topological polar surface area (TPSA) is 58.2 Å². The molecule has 3 aliphatic heterocycles. The van der Waals surface area contributed by atoms with E-state index in [-0.39, 0.29) is 12.1 Å². The molecule has 7 rings (SSSR count). The average Bonchev–Trinajstić information content (AvgIpc) is 3.18. The molecule has 2 atom stereocenters. The van der Waals surface area contributed by atoms with Crippen molar-refractivity contribution in [1.29, 1.82) is 0 Å². The van der Waals surface area contributed by atoms with E-state index >= 15 is 0 Å². The second kappa shape index (κ2) is 6.17. The van der Waals surface area contributed by atoms with Crippen LogP contribution in [0.25, 0.3) is 22.0 Å². The van der Waals surface area contributed by atoms with E-state index in [1.807, 2.05) is 30.5 Å². The minimum Gasteiger partial charge on any atom is -0.458 e. The van der Waals surface area contributed by atoms with Gasteiger partial charge in [0, 0.05) is 55.6 Å². The standard InChI is InChI=1S/C23H23N3O2/c27-23(28-22-17-7-14-8-18(22)13-26(11-14)12-17)20-10-24-5-4-19(20)15-1-2-21-16(9-15)3-6-25-21/h1-6,9-10,14,17-18,22,25H,7-8,11-13H2/t14?,17-,18-,22?/m0/s1. The van der Waals surface area contributed by atoms with Gasteiger partial charge in [0.15, 0.2) is 0 Å². The van der Waals surface area contributed by atoms with E-state index in [1.165, 1.54) is 19.4 Å². The lowest BCUT2D eigenvalue weighted by Crippen LogP contribution is -2.60. The van der Waals surface area contributed by atoms with Crippen LogP contribution >= 0.6 is 0 Å². The first-order chi connectivity index (χ1) is 13.7. The molecule has 0 amide bonds. The van der Waals surface area contributed by atoms with Gasteiger partial charge in [0.05, 0.1) is 5.56 Å². The molecule has 1 N–H and O–H groups in total. The van der Waals surface area contributed by atoms with Gasteiger partial charge in [-0.05, 0) is 59.5 Å². The highest BCUT2D eigenvalue weighted by atomic mass is 16.5. The number of benzene rings is 1. The molecule has 1 saturated carbocycles. The average molecular weight is 373 g/mol. The molecule has 4 bridgehead atoms. The summed E-state index contributed by atoms with van der Waals surface area (Å²) in [5.41, 5.74) is 3.55. The highest BCUT2D eigenvalue weighted by Gasteiger charge is 2.49. The SMILES string of the molecule is O=C(OC1[C@H]2CC3C[C@H]1CN(C3)C2)c1cnccc1-c1ccc2[nH]ccc2c1. The Bertz CT molecular complexity index is 1030. The van der Waals surface area contributed by atoms with Crippen LogP contribution in [-0.4, -0.2) is 46.6 Å². The Morgan fingerprint density at radius 2 is 1.96 bits per heavy atom. The number of piperidine rings is 3. The molecule has 4 fully saturated rings. The maximum Gasteiger partial charge on any atom is 0.340 e. The number of pyridine rings is 1. The molecule has 2 aromatic heterocycles. The first-order valence-corrected chi connectivity index (χ1v) is 10.2. The number of ether oxygens (including phenoxy) is 1. The molecule has 3 saturated heterocycles. The lowest BCUT2D eigenvalue weighted by atomic mass is 9.66. The third-order valence-corrected chi connectivity index (χ3v) is 6.85. The van der Waals surface area contributed by atoms with Crippen LogP contribution in [0.4, 0.5) is 0 Å². The summed E-state index contributed by atoms with van der Waals surface area (Å²) in [6.45, 7) is 3.39. The van der Waals surface area contributed by atoms with Gasteiger partial charge in [0.2, 0.25) is 0 Å². The number of rotatable bonds is 3. The largest absolute Gasteiger partial charge is 0.458 e. The summed E-state index contributed by atoms with van der Waals surface area (Å²) in [6, 6.07) is 10.1. The van der Waals surface area contributed by atoms with Crippen molar-refractivity contribution < 1.29 is 9.53 Å². The highest BCUT2D eigenvalue weighted by Crippen LogP contribution is 2.45. The minimum absolute atomic E-state index is 0.0560. The van der Waals surface area contributed by atoms with Crippen molar-refractivity contribution in [3.8, 4) is 11.1 Å². The summed E-state index contributed by atoms with van der Waals surface area (Å²) in [5.74, 6) is 1.55. The summed E-state index contributed by atoms with van der Waals surface area (Å²) >= 11 is 0. The molecule has 0 spiro atoms. The van der Waals surface area contributed by atoms with Gasteiger partial charge < -0.3 is 14.6 Å². The van der Waals surface area contributed by atoms with Gasteiger partial charge in [-0.15, -0.1) is 0 Å². The summed E-state index contributed by atoms with van der Waals surface area (Å²) in [4.78, 5) is 23.1. The molecule has 5 heteroatoms. The van der Waals surface area contributed by atoms with Crippen LogP contribution in [-0.2, 0) is 4.74 Å². The number of esters is 1. The first-order valence-electron chi connectivity index (χ1n) is 10.2. The fraction of sp³-hybridized carbons (Fsp3) is 0.391. The predicted octanol–water partition coefficient (Wildman–Crippen LogP) is 3.73. The molecule has 28 heavy (non-hydrogen) atoms. The Kier molecular flexibility index (Phi) is 3.60. The summed E-state index contributed by atoms with van der Waals surface area (Å²) in [5, 5.41) is 1.13. The van der Waals surface area contributed by atoms with Gasteiger partial charge in [-0.25, -0.2) is 4.79 Å². The van der Waals surface area contributed by atoms with Crippen LogP contribution in [0, 0.1) is 17.8 Å². The van der Waals surface area contributed by atoms with Gasteiger partial charge >= 0.3 is 5.97 Å². The molecule has 0 unspecified atom stereocenters. The summed E-state index contributed by atoms with van der Waals surface area (Å²) in [6.07, 6.45) is 7.78. The number of aromatic amines is 1. The first kappa shape index (κ1) is 16.3. The van der Waals surface area contributed by atoms with Gasteiger partial charge in [0.1, 0.15) is 6.10 Å². The Balaban J connectivity index is 1.31. The van der Waals surface area contributed by atoms with Crippen LogP contribution < -0.4 is 0 Å². The zero-order valence-electron chi connectivity index (χ0n) is 15.7. The normalized spacial score (nSPS) is 30.6. The third kappa shape index (κ3) is 2.57. The number of carbonyl (C=O) groups is 1. The number of hydrogen-bond donors (Lipinski definition) is 1. The lowest BCUT2D eigenvalue weighted by Gasteiger charge is -2.55. The lowest BCUT2D eigenvalue weighted by molar-refractivity contribution is -0.116. The van der Waals surface area contributed by atoms with E-state index in [4.69, 9.17) is 4.74 Å². The molecule has 5 nitrogen and oxygen atoms in total. The Morgan fingerprint density at radius 1 is 1.11 bits per heavy atom. The maximum atomic E-state index is 13.2. The zero-order valence-corrected chi connectivity index (χ0v) is 15.7. The predicted molar refractivity (Wildman–Crippen MR) is 107 cm³/mol. The number of carbonyl (C=O) groups excluding carboxylic acids is 1. The van der Waals surface area contributed by atoms with Crippen molar-refractivity contribution in [2.75, 3.05) is 19.6 Å². The zero-order chi connectivity index (χ0) is 18.7. The van der Waals surface area contributed by atoms with Crippen LogP contribution in [0.2, 0.25) is 0 Å².